The van der Waals surface area contributed by atoms with E-state index in [1.54, 1.807) is 20.0 Å². The lowest BCUT2D eigenvalue weighted by atomic mass is 9.98. The van der Waals surface area contributed by atoms with E-state index in [0.29, 0.717) is 10.9 Å². The van der Waals surface area contributed by atoms with E-state index >= 15 is 0 Å². The van der Waals surface area contributed by atoms with Crippen molar-refractivity contribution in [3.05, 3.63) is 33.8 Å². The third-order valence-corrected chi connectivity index (χ3v) is 3.02. The maximum absolute atomic E-state index is 13.0. The summed E-state index contributed by atoms with van der Waals surface area (Å²) in [6.45, 7) is 1.67. The predicted molar refractivity (Wildman–Crippen MR) is 69.0 cm³/mol. The molecule has 1 aromatic carbocycles. The summed E-state index contributed by atoms with van der Waals surface area (Å²) >= 11 is 3.06. The minimum atomic E-state index is -4.37. The number of rotatable bonds is 3. The van der Waals surface area contributed by atoms with Gasteiger partial charge < -0.3 is 5.32 Å². The molecular formula is C13H13BrF3N. The summed E-state index contributed by atoms with van der Waals surface area (Å²) in [7, 11) is 1.63. The van der Waals surface area contributed by atoms with Crippen LogP contribution in [0, 0.1) is 11.8 Å². The first kappa shape index (κ1) is 15.1. The molecule has 0 aliphatic heterocycles. The molecule has 0 spiro atoms. The lowest BCUT2D eigenvalue weighted by molar-refractivity contribution is -0.138. The first-order valence-electron chi connectivity index (χ1n) is 5.33. The molecule has 1 unspecified atom stereocenters. The summed E-state index contributed by atoms with van der Waals surface area (Å²) in [6.07, 6.45) is -4.02. The largest absolute Gasteiger partial charge is 0.416 e. The summed E-state index contributed by atoms with van der Waals surface area (Å²) in [5.41, 5.74) is -0.412. The number of hydrogen-bond acceptors (Lipinski definition) is 1. The Labute approximate surface area is 113 Å². The van der Waals surface area contributed by atoms with Crippen molar-refractivity contribution in [3.8, 4) is 11.8 Å². The number of hydrogen-bond donors (Lipinski definition) is 1. The predicted octanol–water partition coefficient (Wildman–Crippen LogP) is 4.14. The van der Waals surface area contributed by atoms with Crippen molar-refractivity contribution in [2.24, 2.45) is 0 Å². The minimum Gasteiger partial charge on any atom is -0.312 e. The van der Waals surface area contributed by atoms with Crippen LogP contribution in [0.4, 0.5) is 13.2 Å². The molecule has 98 valence electrons. The second-order valence-electron chi connectivity index (χ2n) is 3.70. The van der Waals surface area contributed by atoms with Gasteiger partial charge in [-0.25, -0.2) is 0 Å². The van der Waals surface area contributed by atoms with Gasteiger partial charge in [0.25, 0.3) is 0 Å². The first-order valence-corrected chi connectivity index (χ1v) is 6.13. The van der Waals surface area contributed by atoms with E-state index in [1.807, 2.05) is 0 Å². The van der Waals surface area contributed by atoms with Crippen LogP contribution < -0.4 is 5.32 Å². The molecule has 0 bridgehead atoms. The zero-order valence-electron chi connectivity index (χ0n) is 10.0. The molecule has 0 saturated heterocycles. The molecule has 1 atom stereocenters. The topological polar surface area (TPSA) is 12.0 Å². The molecule has 0 radical (unpaired) electrons. The fraction of sp³-hybridized carbons (Fsp3) is 0.385. The van der Waals surface area contributed by atoms with E-state index in [4.69, 9.17) is 0 Å². The summed E-state index contributed by atoms with van der Waals surface area (Å²) in [6, 6.07) is 3.75. The summed E-state index contributed by atoms with van der Waals surface area (Å²) in [4.78, 5) is 0. The monoisotopic (exact) mass is 319 g/mol. The van der Waals surface area contributed by atoms with E-state index in [0.717, 1.165) is 6.07 Å². The van der Waals surface area contributed by atoms with Crippen LogP contribution in [0.1, 0.15) is 30.5 Å². The van der Waals surface area contributed by atoms with Gasteiger partial charge in [-0.15, -0.1) is 11.8 Å². The van der Waals surface area contributed by atoms with Crippen LogP contribution in [0.3, 0.4) is 0 Å². The summed E-state index contributed by atoms with van der Waals surface area (Å²) in [5.74, 6) is 5.49. The third-order valence-electron chi connectivity index (χ3n) is 2.53. The van der Waals surface area contributed by atoms with E-state index in [1.165, 1.54) is 6.07 Å². The summed E-state index contributed by atoms with van der Waals surface area (Å²) < 4.78 is 39.3. The highest BCUT2D eigenvalue weighted by Gasteiger charge is 2.35. The van der Waals surface area contributed by atoms with Gasteiger partial charge in [-0.2, -0.15) is 13.2 Å². The van der Waals surface area contributed by atoms with Crippen LogP contribution in [0.2, 0.25) is 0 Å². The smallest absolute Gasteiger partial charge is 0.312 e. The molecule has 0 aliphatic rings. The Morgan fingerprint density at radius 2 is 2.06 bits per heavy atom. The lowest BCUT2D eigenvalue weighted by Gasteiger charge is -2.20. The second-order valence-corrected chi connectivity index (χ2v) is 4.62. The molecule has 1 rings (SSSR count). The molecule has 0 aromatic heterocycles. The molecule has 1 N–H and O–H groups in total. The Morgan fingerprint density at radius 1 is 1.39 bits per heavy atom. The van der Waals surface area contributed by atoms with Gasteiger partial charge in [-0.3, -0.25) is 0 Å². The zero-order valence-corrected chi connectivity index (χ0v) is 11.6. The fourth-order valence-electron chi connectivity index (χ4n) is 1.65. The van der Waals surface area contributed by atoms with Gasteiger partial charge in [0.15, 0.2) is 0 Å². The van der Waals surface area contributed by atoms with Gasteiger partial charge in [-0.05, 0) is 31.7 Å². The molecule has 0 amide bonds. The molecule has 0 aliphatic carbocycles. The standard InChI is InChI=1S/C13H13BrF3N/c1-3-4-5-12(18-2)10-7-6-9(14)8-11(10)13(15,16)17/h6-8,12,18H,5H2,1-2H3. The first-order chi connectivity index (χ1) is 8.40. The van der Waals surface area contributed by atoms with Gasteiger partial charge in [-0.1, -0.05) is 22.0 Å². The highest BCUT2D eigenvalue weighted by Crippen LogP contribution is 2.36. The van der Waals surface area contributed by atoms with Crippen LogP contribution in [-0.4, -0.2) is 7.05 Å². The van der Waals surface area contributed by atoms with E-state index in [2.05, 4.69) is 33.1 Å². The van der Waals surface area contributed by atoms with Crippen LogP contribution in [0.5, 0.6) is 0 Å². The van der Waals surface area contributed by atoms with Gasteiger partial charge >= 0.3 is 6.18 Å². The minimum absolute atomic E-state index is 0.218. The van der Waals surface area contributed by atoms with Gasteiger partial charge in [0, 0.05) is 16.9 Å². The van der Waals surface area contributed by atoms with Gasteiger partial charge in [0.05, 0.1) is 5.56 Å². The molecule has 18 heavy (non-hydrogen) atoms. The summed E-state index contributed by atoms with van der Waals surface area (Å²) in [5, 5.41) is 2.87. The molecule has 0 saturated carbocycles. The van der Waals surface area contributed by atoms with Crippen LogP contribution in [-0.2, 0) is 6.18 Å². The average Bonchev–Trinajstić information content (AvgIpc) is 2.30. The second kappa shape index (κ2) is 6.26. The fourth-order valence-corrected chi connectivity index (χ4v) is 2.01. The Bertz CT molecular complexity index is 471. The van der Waals surface area contributed by atoms with E-state index in [-0.39, 0.29) is 5.56 Å². The van der Waals surface area contributed by atoms with Crippen molar-refractivity contribution in [3.63, 3.8) is 0 Å². The number of benzene rings is 1. The Hall–Kier alpha value is -0.990. The van der Waals surface area contributed by atoms with Crippen molar-refractivity contribution in [1.29, 1.82) is 0 Å². The average molecular weight is 320 g/mol. The van der Waals surface area contributed by atoms with E-state index in [9.17, 15) is 13.2 Å². The Balaban J connectivity index is 3.24. The number of halogens is 4. The molecular weight excluding hydrogens is 307 g/mol. The SMILES string of the molecule is CC#CCC(NC)c1ccc(Br)cc1C(F)(F)F. The number of alkyl halides is 3. The van der Waals surface area contributed by atoms with Crippen molar-refractivity contribution < 1.29 is 13.2 Å². The van der Waals surface area contributed by atoms with Gasteiger partial charge in [0.2, 0.25) is 0 Å². The van der Waals surface area contributed by atoms with Crippen molar-refractivity contribution >= 4 is 15.9 Å². The molecule has 0 fully saturated rings. The van der Waals surface area contributed by atoms with Crippen LogP contribution in [0.15, 0.2) is 22.7 Å². The lowest BCUT2D eigenvalue weighted by Crippen LogP contribution is -2.20. The van der Waals surface area contributed by atoms with Crippen LogP contribution >= 0.6 is 15.9 Å². The highest BCUT2D eigenvalue weighted by molar-refractivity contribution is 9.10. The Kier molecular flexibility index (Phi) is 5.24. The molecule has 1 nitrogen and oxygen atoms in total. The van der Waals surface area contributed by atoms with Crippen molar-refractivity contribution in [1.82, 2.24) is 5.32 Å². The molecule has 0 heterocycles. The quantitative estimate of drug-likeness (QED) is 0.825. The third kappa shape index (κ3) is 3.76. The van der Waals surface area contributed by atoms with Crippen LogP contribution in [0.25, 0.3) is 0 Å². The van der Waals surface area contributed by atoms with Gasteiger partial charge in [0.1, 0.15) is 0 Å². The zero-order chi connectivity index (χ0) is 13.8. The molecule has 5 heteroatoms. The van der Waals surface area contributed by atoms with E-state index < -0.39 is 17.8 Å². The Morgan fingerprint density at radius 3 is 2.56 bits per heavy atom. The molecule has 1 aromatic rings. The van der Waals surface area contributed by atoms with Crippen molar-refractivity contribution in [2.75, 3.05) is 7.05 Å². The normalized spacial score (nSPS) is 12.8. The van der Waals surface area contributed by atoms with Crippen molar-refractivity contribution in [2.45, 2.75) is 25.6 Å². The maximum atomic E-state index is 13.0. The maximum Gasteiger partial charge on any atom is 0.416 e. The number of nitrogens with one attached hydrogen (secondary N) is 1. The highest BCUT2D eigenvalue weighted by atomic mass is 79.9.